The number of benzene rings is 2. The molecule has 1 atom stereocenters. The average Bonchev–Trinajstić information content (AvgIpc) is 2.62. The Labute approximate surface area is 152 Å². The van der Waals surface area contributed by atoms with Crippen LogP contribution in [0.1, 0.15) is 45.7 Å². The summed E-state index contributed by atoms with van der Waals surface area (Å²) in [4.78, 5) is 35.5. The molecule has 0 saturated carbocycles. The first-order valence-electron chi connectivity index (χ1n) is 8.32. The highest BCUT2D eigenvalue weighted by atomic mass is 16.6. The number of carbonyl (C=O) groups is 3. The van der Waals surface area contributed by atoms with E-state index in [2.05, 4.69) is 0 Å². The minimum absolute atomic E-state index is 0.0466. The van der Waals surface area contributed by atoms with E-state index in [-0.39, 0.29) is 18.2 Å². The van der Waals surface area contributed by atoms with Gasteiger partial charge < -0.3 is 9.47 Å². The molecule has 2 aromatic carbocycles. The molecular formula is C21H22O5. The number of aryl methyl sites for hydroxylation is 2. The number of esters is 1. The third-order valence-electron chi connectivity index (χ3n) is 4.09. The third-order valence-corrected chi connectivity index (χ3v) is 4.09. The fourth-order valence-electron chi connectivity index (χ4n) is 2.34. The molecule has 0 unspecified atom stereocenters. The highest BCUT2D eigenvalue weighted by Gasteiger charge is 2.20. The van der Waals surface area contributed by atoms with Crippen molar-refractivity contribution in [3.05, 3.63) is 64.7 Å². The summed E-state index contributed by atoms with van der Waals surface area (Å²) in [5.74, 6) is -0.493. The van der Waals surface area contributed by atoms with E-state index in [0.717, 1.165) is 11.1 Å². The van der Waals surface area contributed by atoms with E-state index >= 15 is 0 Å². The Kier molecular flexibility index (Phi) is 6.28. The lowest BCUT2D eigenvalue weighted by molar-refractivity contribution is -0.148. The van der Waals surface area contributed by atoms with Gasteiger partial charge in [-0.1, -0.05) is 12.1 Å². The summed E-state index contributed by atoms with van der Waals surface area (Å²) >= 11 is 0. The van der Waals surface area contributed by atoms with Crippen molar-refractivity contribution in [1.29, 1.82) is 0 Å². The van der Waals surface area contributed by atoms with Gasteiger partial charge in [-0.05, 0) is 69.2 Å². The van der Waals surface area contributed by atoms with Crippen LogP contribution in [0.3, 0.4) is 0 Å². The standard InChI is InChI=1S/C21H22O5/c1-13-5-6-18(11-14(13)2)21(24)16(4)26-20(23)12-25-19-9-7-17(8-10-19)15(3)22/h5-11,16H,12H2,1-4H3/t16-/m1/s1. The van der Waals surface area contributed by atoms with Crippen LogP contribution in [0.4, 0.5) is 0 Å². The second-order valence-corrected chi connectivity index (χ2v) is 6.16. The lowest BCUT2D eigenvalue weighted by Gasteiger charge is -2.13. The molecule has 0 radical (unpaired) electrons. The van der Waals surface area contributed by atoms with Gasteiger partial charge in [0, 0.05) is 11.1 Å². The number of Topliss-reactive ketones (excluding diaryl/α,β-unsaturated/α-hetero) is 2. The van der Waals surface area contributed by atoms with Crippen molar-refractivity contribution in [3.63, 3.8) is 0 Å². The Bertz CT molecular complexity index is 821. The molecule has 0 aliphatic rings. The lowest BCUT2D eigenvalue weighted by Crippen LogP contribution is -2.27. The molecule has 0 aromatic heterocycles. The summed E-state index contributed by atoms with van der Waals surface area (Å²) < 4.78 is 10.5. The molecule has 0 amide bonds. The maximum atomic E-state index is 12.4. The van der Waals surface area contributed by atoms with Crippen molar-refractivity contribution in [3.8, 4) is 5.75 Å². The first-order chi connectivity index (χ1) is 12.3. The van der Waals surface area contributed by atoms with Gasteiger partial charge in [0.25, 0.3) is 0 Å². The van der Waals surface area contributed by atoms with Gasteiger partial charge in [0.1, 0.15) is 5.75 Å². The van der Waals surface area contributed by atoms with E-state index in [4.69, 9.17) is 9.47 Å². The molecule has 136 valence electrons. The minimum atomic E-state index is -0.895. The fraction of sp³-hybridized carbons (Fsp3) is 0.286. The molecule has 0 aliphatic carbocycles. The molecule has 5 heteroatoms. The van der Waals surface area contributed by atoms with Gasteiger partial charge in [0.15, 0.2) is 18.5 Å². The van der Waals surface area contributed by atoms with Crippen LogP contribution in [-0.2, 0) is 9.53 Å². The molecule has 26 heavy (non-hydrogen) atoms. The van der Waals surface area contributed by atoms with Gasteiger partial charge in [-0.25, -0.2) is 4.79 Å². The average molecular weight is 354 g/mol. The molecule has 5 nitrogen and oxygen atoms in total. The van der Waals surface area contributed by atoms with Gasteiger partial charge >= 0.3 is 5.97 Å². The number of hydrogen-bond donors (Lipinski definition) is 0. The van der Waals surface area contributed by atoms with Crippen molar-refractivity contribution in [2.24, 2.45) is 0 Å². The van der Waals surface area contributed by atoms with Crippen LogP contribution in [0.15, 0.2) is 42.5 Å². The number of rotatable bonds is 7. The van der Waals surface area contributed by atoms with Crippen LogP contribution in [0, 0.1) is 13.8 Å². The van der Waals surface area contributed by atoms with Gasteiger partial charge in [-0.3, -0.25) is 9.59 Å². The van der Waals surface area contributed by atoms with Crippen LogP contribution in [0.2, 0.25) is 0 Å². The van der Waals surface area contributed by atoms with E-state index < -0.39 is 12.1 Å². The first kappa shape index (κ1) is 19.4. The van der Waals surface area contributed by atoms with Gasteiger partial charge in [0.05, 0.1) is 0 Å². The zero-order valence-electron chi connectivity index (χ0n) is 15.4. The number of hydrogen-bond acceptors (Lipinski definition) is 5. The number of ether oxygens (including phenoxy) is 2. The fourth-order valence-corrected chi connectivity index (χ4v) is 2.34. The molecule has 0 spiro atoms. The Morgan fingerprint density at radius 3 is 2.12 bits per heavy atom. The lowest BCUT2D eigenvalue weighted by atomic mass is 10.0. The van der Waals surface area contributed by atoms with Crippen LogP contribution in [-0.4, -0.2) is 30.2 Å². The van der Waals surface area contributed by atoms with Crippen molar-refractivity contribution < 1.29 is 23.9 Å². The van der Waals surface area contributed by atoms with Crippen molar-refractivity contribution in [1.82, 2.24) is 0 Å². The second kappa shape index (κ2) is 8.43. The smallest absolute Gasteiger partial charge is 0.344 e. The van der Waals surface area contributed by atoms with E-state index in [1.54, 1.807) is 36.4 Å². The van der Waals surface area contributed by atoms with Gasteiger partial charge in [-0.15, -0.1) is 0 Å². The molecule has 0 fully saturated rings. The molecule has 0 N–H and O–H groups in total. The maximum absolute atomic E-state index is 12.4. The summed E-state index contributed by atoms with van der Waals surface area (Å²) in [6.07, 6.45) is -0.895. The van der Waals surface area contributed by atoms with Crippen molar-refractivity contribution in [2.45, 2.75) is 33.8 Å². The largest absolute Gasteiger partial charge is 0.482 e. The normalized spacial score (nSPS) is 11.5. The topological polar surface area (TPSA) is 69.7 Å². The Hall–Kier alpha value is -2.95. The summed E-state index contributed by atoms with van der Waals surface area (Å²) in [5, 5.41) is 0. The first-order valence-corrected chi connectivity index (χ1v) is 8.32. The predicted molar refractivity (Wildman–Crippen MR) is 97.7 cm³/mol. The van der Waals surface area contributed by atoms with E-state index in [9.17, 15) is 14.4 Å². The van der Waals surface area contributed by atoms with E-state index in [0.29, 0.717) is 16.9 Å². The molecule has 0 bridgehead atoms. The molecule has 2 rings (SSSR count). The molecule has 2 aromatic rings. The molecular weight excluding hydrogens is 332 g/mol. The van der Waals surface area contributed by atoms with Gasteiger partial charge in [-0.2, -0.15) is 0 Å². The van der Waals surface area contributed by atoms with Crippen LogP contribution in [0.25, 0.3) is 0 Å². The Balaban J connectivity index is 1.89. The summed E-state index contributed by atoms with van der Waals surface area (Å²) in [5.41, 5.74) is 3.17. The van der Waals surface area contributed by atoms with Crippen LogP contribution >= 0.6 is 0 Å². The maximum Gasteiger partial charge on any atom is 0.344 e. The van der Waals surface area contributed by atoms with Crippen LogP contribution in [0.5, 0.6) is 5.75 Å². The number of carbonyl (C=O) groups excluding carboxylic acids is 3. The van der Waals surface area contributed by atoms with Gasteiger partial charge in [0.2, 0.25) is 5.78 Å². The third kappa shape index (κ3) is 5.02. The van der Waals surface area contributed by atoms with Crippen LogP contribution < -0.4 is 4.74 Å². The SMILES string of the molecule is CC(=O)c1ccc(OCC(=O)O[C@H](C)C(=O)c2ccc(C)c(C)c2)cc1. The summed E-state index contributed by atoms with van der Waals surface area (Å²) in [6, 6.07) is 11.8. The monoisotopic (exact) mass is 354 g/mol. The van der Waals surface area contributed by atoms with Crippen molar-refractivity contribution >= 4 is 17.5 Å². The van der Waals surface area contributed by atoms with E-state index in [1.165, 1.54) is 13.8 Å². The van der Waals surface area contributed by atoms with E-state index in [1.807, 2.05) is 19.9 Å². The summed E-state index contributed by atoms with van der Waals surface area (Å²) in [7, 11) is 0. The molecule has 0 heterocycles. The highest BCUT2D eigenvalue weighted by Crippen LogP contribution is 2.14. The zero-order chi connectivity index (χ0) is 19.3. The molecule has 0 aliphatic heterocycles. The highest BCUT2D eigenvalue weighted by molar-refractivity contribution is 6.00. The second-order valence-electron chi connectivity index (χ2n) is 6.16. The summed E-state index contributed by atoms with van der Waals surface area (Å²) in [6.45, 7) is 6.59. The Morgan fingerprint density at radius 2 is 1.54 bits per heavy atom. The quantitative estimate of drug-likeness (QED) is 0.560. The Morgan fingerprint density at radius 1 is 0.923 bits per heavy atom. The van der Waals surface area contributed by atoms with Crippen molar-refractivity contribution in [2.75, 3.05) is 6.61 Å². The predicted octanol–water partition coefficient (Wildman–Crippen LogP) is 3.70. The molecule has 0 saturated heterocycles. The minimum Gasteiger partial charge on any atom is -0.482 e. The number of ketones is 2. The zero-order valence-corrected chi connectivity index (χ0v) is 15.4.